The lowest BCUT2D eigenvalue weighted by Crippen LogP contribution is -1.93. The molecule has 4 aromatic rings. The van der Waals surface area contributed by atoms with Crippen molar-refractivity contribution in [2.24, 2.45) is 0 Å². The first kappa shape index (κ1) is 13.3. The summed E-state index contributed by atoms with van der Waals surface area (Å²) in [5, 5.41) is 3.38. The topological polar surface area (TPSA) is 22.1 Å². The van der Waals surface area contributed by atoms with Crippen LogP contribution in [0.25, 0.3) is 31.6 Å². The van der Waals surface area contributed by atoms with Gasteiger partial charge in [-0.15, -0.1) is 11.3 Å². The number of aromatic nitrogens is 1. The molecule has 0 unspecified atom stereocenters. The molecule has 0 N–H and O–H groups in total. The van der Waals surface area contributed by atoms with E-state index >= 15 is 0 Å². The average molecular weight is 305 g/mol. The van der Waals surface area contributed by atoms with Crippen molar-refractivity contribution >= 4 is 32.3 Å². The van der Waals surface area contributed by atoms with Crippen LogP contribution in [0.2, 0.25) is 0 Å². The van der Waals surface area contributed by atoms with Crippen LogP contribution in [-0.2, 0) is 0 Å². The highest BCUT2D eigenvalue weighted by Gasteiger charge is 2.11. The van der Waals surface area contributed by atoms with E-state index < -0.39 is 0 Å². The minimum Gasteiger partial charge on any atom is -0.493 e. The summed E-state index contributed by atoms with van der Waals surface area (Å²) in [5.74, 6) is 0.933. The molecule has 3 heteroatoms. The fourth-order valence-electron chi connectivity index (χ4n) is 2.73. The van der Waals surface area contributed by atoms with Gasteiger partial charge in [-0.1, -0.05) is 36.4 Å². The third kappa shape index (κ3) is 2.14. The summed E-state index contributed by atoms with van der Waals surface area (Å²) >= 11 is 1.73. The van der Waals surface area contributed by atoms with Crippen LogP contribution in [0, 0.1) is 0 Å². The van der Waals surface area contributed by atoms with E-state index in [1.165, 1.54) is 15.6 Å². The molecule has 0 amide bonds. The molecule has 0 bridgehead atoms. The second kappa shape index (κ2) is 5.43. The maximum Gasteiger partial charge on any atom is 0.127 e. The molecule has 1 aromatic heterocycles. The third-order valence-electron chi connectivity index (χ3n) is 3.71. The van der Waals surface area contributed by atoms with E-state index in [-0.39, 0.29) is 0 Å². The summed E-state index contributed by atoms with van der Waals surface area (Å²) < 4.78 is 6.97. The number of fused-ring (bicyclic) bond motifs is 2. The largest absolute Gasteiger partial charge is 0.493 e. The summed E-state index contributed by atoms with van der Waals surface area (Å²) in [6, 6.07) is 20.8. The Kier molecular flexibility index (Phi) is 3.28. The zero-order chi connectivity index (χ0) is 14.9. The Bertz CT molecular complexity index is 925. The fourth-order valence-corrected chi connectivity index (χ4v) is 3.73. The molecule has 108 valence electrons. The minimum atomic E-state index is 0.671. The number of para-hydroxylation sites is 1. The molecule has 0 saturated heterocycles. The number of nitrogens with zero attached hydrogens (tertiary/aromatic N) is 1. The number of rotatable bonds is 3. The van der Waals surface area contributed by atoms with E-state index in [2.05, 4.69) is 42.5 Å². The van der Waals surface area contributed by atoms with Crippen LogP contribution >= 0.6 is 11.3 Å². The van der Waals surface area contributed by atoms with E-state index in [4.69, 9.17) is 9.72 Å². The van der Waals surface area contributed by atoms with Gasteiger partial charge in [-0.25, -0.2) is 4.98 Å². The third-order valence-corrected chi connectivity index (χ3v) is 4.78. The van der Waals surface area contributed by atoms with Crippen molar-refractivity contribution < 1.29 is 4.74 Å². The molecule has 0 aliphatic carbocycles. The molecule has 22 heavy (non-hydrogen) atoms. The van der Waals surface area contributed by atoms with Crippen molar-refractivity contribution in [2.75, 3.05) is 6.61 Å². The second-order valence-electron chi connectivity index (χ2n) is 5.08. The Morgan fingerprint density at radius 1 is 0.909 bits per heavy atom. The SMILES string of the molecule is CCOc1ccc(-c2nc3ccccc3s2)c2ccccc12. The molecule has 0 aliphatic rings. The van der Waals surface area contributed by atoms with E-state index in [1.807, 2.05) is 25.1 Å². The molecule has 3 aromatic carbocycles. The molecule has 0 spiro atoms. The zero-order valence-electron chi connectivity index (χ0n) is 12.2. The van der Waals surface area contributed by atoms with E-state index in [0.717, 1.165) is 21.7 Å². The van der Waals surface area contributed by atoms with Gasteiger partial charge in [0.15, 0.2) is 0 Å². The lowest BCUT2D eigenvalue weighted by atomic mass is 10.0. The van der Waals surface area contributed by atoms with Gasteiger partial charge < -0.3 is 4.74 Å². The first-order valence-electron chi connectivity index (χ1n) is 7.37. The normalized spacial score (nSPS) is 11.1. The molecule has 0 atom stereocenters. The van der Waals surface area contributed by atoms with Gasteiger partial charge in [0.1, 0.15) is 10.8 Å². The van der Waals surface area contributed by atoms with Crippen molar-refractivity contribution in [1.29, 1.82) is 0 Å². The monoisotopic (exact) mass is 305 g/mol. The van der Waals surface area contributed by atoms with Gasteiger partial charge in [-0.05, 0) is 36.6 Å². The highest BCUT2D eigenvalue weighted by Crippen LogP contribution is 2.37. The average Bonchev–Trinajstić information content (AvgIpc) is 2.99. The highest BCUT2D eigenvalue weighted by molar-refractivity contribution is 7.21. The van der Waals surface area contributed by atoms with E-state index in [1.54, 1.807) is 11.3 Å². The maximum atomic E-state index is 5.75. The van der Waals surface area contributed by atoms with Gasteiger partial charge in [0, 0.05) is 10.9 Å². The summed E-state index contributed by atoms with van der Waals surface area (Å²) in [5.41, 5.74) is 2.22. The van der Waals surface area contributed by atoms with Crippen LogP contribution in [0.3, 0.4) is 0 Å². The van der Waals surface area contributed by atoms with Gasteiger partial charge in [0.05, 0.1) is 16.8 Å². The number of hydrogen-bond acceptors (Lipinski definition) is 3. The fraction of sp³-hybridized carbons (Fsp3) is 0.105. The van der Waals surface area contributed by atoms with E-state index in [0.29, 0.717) is 6.61 Å². The standard InChI is InChI=1S/C19H15NOS/c1-2-21-17-12-11-15(13-7-3-4-8-14(13)17)19-20-16-9-5-6-10-18(16)22-19/h3-12H,2H2,1H3. The van der Waals surface area contributed by atoms with Crippen molar-refractivity contribution in [2.45, 2.75) is 6.92 Å². The molecule has 0 radical (unpaired) electrons. The lowest BCUT2D eigenvalue weighted by Gasteiger charge is -2.10. The molecule has 1 heterocycles. The Hall–Kier alpha value is -2.39. The predicted octanol–water partition coefficient (Wildman–Crippen LogP) is 5.52. The molecular formula is C19H15NOS. The van der Waals surface area contributed by atoms with Crippen LogP contribution in [0.5, 0.6) is 5.75 Å². The van der Waals surface area contributed by atoms with Crippen LogP contribution in [0.1, 0.15) is 6.92 Å². The van der Waals surface area contributed by atoms with E-state index in [9.17, 15) is 0 Å². The van der Waals surface area contributed by atoms with Crippen molar-refractivity contribution in [3.63, 3.8) is 0 Å². The Balaban J connectivity index is 1.97. The number of benzene rings is 3. The number of thiazole rings is 1. The molecule has 4 rings (SSSR count). The summed E-state index contributed by atoms with van der Waals surface area (Å²) in [6.45, 7) is 2.68. The molecule has 0 aliphatic heterocycles. The summed E-state index contributed by atoms with van der Waals surface area (Å²) in [7, 11) is 0. The molecule has 2 nitrogen and oxygen atoms in total. The Morgan fingerprint density at radius 3 is 2.50 bits per heavy atom. The van der Waals surface area contributed by atoms with Crippen molar-refractivity contribution in [3.05, 3.63) is 60.7 Å². The Labute approximate surface area is 133 Å². The summed E-state index contributed by atoms with van der Waals surface area (Å²) in [4.78, 5) is 4.79. The van der Waals surface area contributed by atoms with Crippen LogP contribution in [0.15, 0.2) is 60.7 Å². The van der Waals surface area contributed by atoms with Gasteiger partial charge in [0.2, 0.25) is 0 Å². The summed E-state index contributed by atoms with van der Waals surface area (Å²) in [6.07, 6.45) is 0. The zero-order valence-corrected chi connectivity index (χ0v) is 13.1. The van der Waals surface area contributed by atoms with Crippen LogP contribution in [-0.4, -0.2) is 11.6 Å². The lowest BCUT2D eigenvalue weighted by molar-refractivity contribution is 0.344. The minimum absolute atomic E-state index is 0.671. The van der Waals surface area contributed by atoms with Gasteiger partial charge >= 0.3 is 0 Å². The number of hydrogen-bond donors (Lipinski definition) is 0. The smallest absolute Gasteiger partial charge is 0.127 e. The molecular weight excluding hydrogens is 290 g/mol. The van der Waals surface area contributed by atoms with Crippen molar-refractivity contribution in [1.82, 2.24) is 4.98 Å². The van der Waals surface area contributed by atoms with Gasteiger partial charge in [-0.2, -0.15) is 0 Å². The van der Waals surface area contributed by atoms with Crippen molar-refractivity contribution in [3.8, 4) is 16.3 Å². The molecule has 0 fully saturated rings. The van der Waals surface area contributed by atoms with Gasteiger partial charge in [-0.3, -0.25) is 0 Å². The van der Waals surface area contributed by atoms with Gasteiger partial charge in [0.25, 0.3) is 0 Å². The first-order valence-corrected chi connectivity index (χ1v) is 8.19. The predicted molar refractivity (Wildman–Crippen MR) is 93.7 cm³/mol. The van der Waals surface area contributed by atoms with Crippen LogP contribution in [0.4, 0.5) is 0 Å². The van der Waals surface area contributed by atoms with Crippen LogP contribution < -0.4 is 4.74 Å². The second-order valence-corrected chi connectivity index (χ2v) is 6.11. The first-order chi connectivity index (χ1) is 10.9. The highest BCUT2D eigenvalue weighted by atomic mass is 32.1. The maximum absolute atomic E-state index is 5.75. The quantitative estimate of drug-likeness (QED) is 0.497. The Morgan fingerprint density at radius 2 is 1.68 bits per heavy atom. The molecule has 0 saturated carbocycles. The number of ether oxygens (including phenoxy) is 1.